The van der Waals surface area contributed by atoms with E-state index < -0.39 is 10.0 Å². The van der Waals surface area contributed by atoms with Crippen LogP contribution >= 0.6 is 0 Å². The van der Waals surface area contributed by atoms with Gasteiger partial charge in [0.05, 0.1) is 6.54 Å². The highest BCUT2D eigenvalue weighted by atomic mass is 32.2. The van der Waals surface area contributed by atoms with E-state index in [0.717, 1.165) is 13.0 Å². The van der Waals surface area contributed by atoms with Gasteiger partial charge >= 0.3 is 0 Å². The topological polar surface area (TPSA) is 85.3 Å². The fraction of sp³-hybridized carbons (Fsp3) is 0.286. The van der Waals surface area contributed by atoms with Gasteiger partial charge in [-0.15, -0.1) is 0 Å². The Kier molecular flexibility index (Phi) is 3.37. The van der Waals surface area contributed by atoms with Gasteiger partial charge in [0, 0.05) is 12.5 Å². The van der Waals surface area contributed by atoms with Crippen molar-refractivity contribution < 1.29 is 12.8 Å². The van der Waals surface area contributed by atoms with Gasteiger partial charge in [0.15, 0.2) is 0 Å². The highest BCUT2D eigenvalue weighted by Gasteiger charge is 2.24. The Hall–Kier alpha value is -1.63. The second-order valence-electron chi connectivity index (χ2n) is 5.00. The van der Waals surface area contributed by atoms with E-state index in [0.29, 0.717) is 18.2 Å². The number of hydrogen-bond donors (Lipinski definition) is 2. The van der Waals surface area contributed by atoms with Gasteiger partial charge in [-0.1, -0.05) is 24.3 Å². The molecule has 0 amide bonds. The first-order valence-corrected chi connectivity index (χ1v) is 7.99. The number of fused-ring (bicyclic) bond motifs is 1. The van der Waals surface area contributed by atoms with Crippen LogP contribution in [0.15, 0.2) is 45.9 Å². The second-order valence-corrected chi connectivity index (χ2v) is 6.49. The van der Waals surface area contributed by atoms with Crippen LogP contribution < -0.4 is 10.5 Å². The lowest BCUT2D eigenvalue weighted by atomic mass is 9.77. The number of sulfonamides is 1. The van der Waals surface area contributed by atoms with Crippen molar-refractivity contribution in [1.29, 1.82) is 0 Å². The van der Waals surface area contributed by atoms with Crippen molar-refractivity contribution in [3.8, 4) is 0 Å². The lowest BCUT2D eigenvalue weighted by Gasteiger charge is -2.30. The largest absolute Gasteiger partial charge is 0.447 e. The summed E-state index contributed by atoms with van der Waals surface area (Å²) in [5.74, 6) is 1.10. The number of rotatable bonds is 5. The third-order valence-electron chi connectivity index (χ3n) is 3.57. The minimum Gasteiger partial charge on any atom is -0.447 e. The molecule has 1 atom stereocenters. The standard InChI is InChI=1S/C14H16N2O3S/c15-20(17,18)14-6-5-12(19-14)9-16-8-11-7-10-3-1-2-4-13(10)11/h1-6,11,16H,7-9H2,(H2,15,17,18). The summed E-state index contributed by atoms with van der Waals surface area (Å²) in [5, 5.41) is 8.08. The lowest BCUT2D eigenvalue weighted by molar-refractivity contribution is 0.397. The minimum atomic E-state index is -3.75. The maximum absolute atomic E-state index is 11.1. The van der Waals surface area contributed by atoms with Crippen molar-refractivity contribution in [2.75, 3.05) is 6.54 Å². The molecular formula is C14H16N2O3S. The molecule has 6 heteroatoms. The molecule has 0 spiro atoms. The number of furan rings is 1. The molecule has 1 aliphatic rings. The van der Waals surface area contributed by atoms with Gasteiger partial charge in [0.1, 0.15) is 5.76 Å². The summed E-state index contributed by atoms with van der Waals surface area (Å²) in [4.78, 5) is 0. The van der Waals surface area contributed by atoms with Crippen LogP contribution in [-0.4, -0.2) is 15.0 Å². The van der Waals surface area contributed by atoms with Gasteiger partial charge in [0.2, 0.25) is 5.09 Å². The summed E-state index contributed by atoms with van der Waals surface area (Å²) in [6, 6.07) is 11.4. The van der Waals surface area contributed by atoms with E-state index in [2.05, 4.69) is 29.6 Å². The van der Waals surface area contributed by atoms with Gasteiger partial charge in [-0.05, 0) is 29.7 Å². The monoisotopic (exact) mass is 292 g/mol. The van der Waals surface area contributed by atoms with E-state index in [-0.39, 0.29) is 5.09 Å². The Labute approximate surface area is 117 Å². The average Bonchev–Trinajstić information content (AvgIpc) is 2.83. The van der Waals surface area contributed by atoms with Gasteiger partial charge < -0.3 is 9.73 Å². The first kappa shape index (κ1) is 13.4. The minimum absolute atomic E-state index is 0.191. The highest BCUT2D eigenvalue weighted by molar-refractivity contribution is 7.89. The predicted molar refractivity (Wildman–Crippen MR) is 74.7 cm³/mol. The third-order valence-corrected chi connectivity index (χ3v) is 4.35. The zero-order chi connectivity index (χ0) is 14.2. The summed E-state index contributed by atoms with van der Waals surface area (Å²) in [6.07, 6.45) is 1.09. The van der Waals surface area contributed by atoms with Gasteiger partial charge in [-0.25, -0.2) is 13.6 Å². The summed E-state index contributed by atoms with van der Waals surface area (Å²) >= 11 is 0. The Morgan fingerprint density at radius 1 is 1.25 bits per heavy atom. The molecule has 5 nitrogen and oxygen atoms in total. The molecule has 3 rings (SSSR count). The quantitative estimate of drug-likeness (QED) is 0.871. The summed E-state index contributed by atoms with van der Waals surface area (Å²) in [7, 11) is -3.75. The predicted octanol–water partition coefficient (Wildman–Crippen LogP) is 1.36. The van der Waals surface area contributed by atoms with Crippen LogP contribution in [0.25, 0.3) is 0 Å². The van der Waals surface area contributed by atoms with Crippen molar-refractivity contribution in [2.45, 2.75) is 24.0 Å². The number of nitrogens with two attached hydrogens (primary N) is 1. The van der Waals surface area contributed by atoms with Crippen LogP contribution in [0.3, 0.4) is 0 Å². The van der Waals surface area contributed by atoms with Crippen LogP contribution in [-0.2, 0) is 23.0 Å². The maximum Gasteiger partial charge on any atom is 0.271 e. The smallest absolute Gasteiger partial charge is 0.271 e. The Morgan fingerprint density at radius 3 is 2.75 bits per heavy atom. The number of nitrogens with one attached hydrogen (secondary N) is 1. The zero-order valence-corrected chi connectivity index (χ0v) is 11.7. The van der Waals surface area contributed by atoms with Crippen LogP contribution in [0, 0.1) is 0 Å². The van der Waals surface area contributed by atoms with Crippen LogP contribution in [0.2, 0.25) is 0 Å². The second kappa shape index (κ2) is 5.05. The molecule has 3 N–H and O–H groups in total. The van der Waals surface area contributed by atoms with E-state index in [1.54, 1.807) is 6.07 Å². The highest BCUT2D eigenvalue weighted by Crippen LogP contribution is 2.34. The Balaban J connectivity index is 1.53. The van der Waals surface area contributed by atoms with E-state index in [4.69, 9.17) is 9.56 Å². The molecule has 20 heavy (non-hydrogen) atoms. The molecule has 0 fully saturated rings. The number of primary sulfonamides is 1. The number of hydrogen-bond acceptors (Lipinski definition) is 4. The van der Waals surface area contributed by atoms with Crippen LogP contribution in [0.4, 0.5) is 0 Å². The van der Waals surface area contributed by atoms with E-state index in [9.17, 15) is 8.42 Å². The Bertz CT molecular complexity index is 722. The van der Waals surface area contributed by atoms with Crippen LogP contribution in [0.1, 0.15) is 22.8 Å². The van der Waals surface area contributed by atoms with Crippen molar-refractivity contribution >= 4 is 10.0 Å². The van der Waals surface area contributed by atoms with Crippen molar-refractivity contribution in [3.63, 3.8) is 0 Å². The molecule has 0 saturated heterocycles. The van der Waals surface area contributed by atoms with Crippen molar-refractivity contribution in [2.24, 2.45) is 5.14 Å². The molecule has 106 valence electrons. The molecule has 0 bridgehead atoms. The fourth-order valence-electron chi connectivity index (χ4n) is 2.52. The zero-order valence-electron chi connectivity index (χ0n) is 10.9. The van der Waals surface area contributed by atoms with E-state index in [1.807, 2.05) is 0 Å². The summed E-state index contributed by atoms with van der Waals surface area (Å²) in [5.41, 5.74) is 2.80. The first-order valence-electron chi connectivity index (χ1n) is 6.44. The fourth-order valence-corrected chi connectivity index (χ4v) is 3.00. The molecule has 0 aliphatic heterocycles. The average molecular weight is 292 g/mol. The molecule has 1 aliphatic carbocycles. The molecule has 1 unspecified atom stereocenters. The molecule has 0 saturated carbocycles. The van der Waals surface area contributed by atoms with Gasteiger partial charge in [-0.2, -0.15) is 0 Å². The molecule has 0 radical (unpaired) electrons. The van der Waals surface area contributed by atoms with Crippen molar-refractivity contribution in [3.05, 3.63) is 53.3 Å². The van der Waals surface area contributed by atoms with Crippen molar-refractivity contribution in [1.82, 2.24) is 5.32 Å². The van der Waals surface area contributed by atoms with E-state index >= 15 is 0 Å². The normalized spacial score (nSPS) is 17.6. The first-order chi connectivity index (χ1) is 9.54. The molecule has 1 aromatic heterocycles. The SMILES string of the molecule is NS(=O)(=O)c1ccc(CNCC2Cc3ccccc32)o1. The summed E-state index contributed by atoms with van der Waals surface area (Å²) < 4.78 is 27.3. The summed E-state index contributed by atoms with van der Waals surface area (Å²) in [6.45, 7) is 1.34. The third kappa shape index (κ3) is 2.63. The van der Waals surface area contributed by atoms with E-state index in [1.165, 1.54) is 17.2 Å². The molecule has 2 aromatic rings. The number of benzene rings is 1. The Morgan fingerprint density at radius 2 is 2.05 bits per heavy atom. The molecular weight excluding hydrogens is 276 g/mol. The molecule has 1 aromatic carbocycles. The van der Waals surface area contributed by atoms with Gasteiger partial charge in [-0.3, -0.25) is 0 Å². The lowest BCUT2D eigenvalue weighted by Crippen LogP contribution is -2.28. The maximum atomic E-state index is 11.1. The van der Waals surface area contributed by atoms with Gasteiger partial charge in [0.25, 0.3) is 10.0 Å². The molecule has 1 heterocycles. The van der Waals surface area contributed by atoms with Crippen LogP contribution in [0.5, 0.6) is 0 Å².